The van der Waals surface area contributed by atoms with Crippen LogP contribution in [0.4, 0.5) is 4.39 Å². The molecule has 0 aliphatic carbocycles. The second-order valence-corrected chi connectivity index (χ2v) is 4.76. The van der Waals surface area contributed by atoms with Crippen molar-refractivity contribution in [1.82, 2.24) is 4.98 Å². The van der Waals surface area contributed by atoms with Crippen molar-refractivity contribution in [2.24, 2.45) is 5.73 Å². The van der Waals surface area contributed by atoms with Gasteiger partial charge in [0, 0.05) is 11.8 Å². The zero-order valence-electron chi connectivity index (χ0n) is 11.0. The number of benzene rings is 1. The van der Waals surface area contributed by atoms with Crippen molar-refractivity contribution in [2.75, 3.05) is 0 Å². The first kappa shape index (κ1) is 14.3. The van der Waals surface area contributed by atoms with E-state index in [0.717, 1.165) is 17.3 Å². The van der Waals surface area contributed by atoms with Gasteiger partial charge in [0.25, 0.3) is 0 Å². The summed E-state index contributed by atoms with van der Waals surface area (Å²) in [5.41, 5.74) is 7.43. The Morgan fingerprint density at radius 1 is 1.35 bits per heavy atom. The van der Waals surface area contributed by atoms with E-state index < -0.39 is 5.82 Å². The van der Waals surface area contributed by atoms with Crippen LogP contribution < -0.4 is 10.5 Å². The number of nitrogens with zero attached hydrogens (tertiary/aromatic N) is 1. The molecule has 0 bridgehead atoms. The van der Waals surface area contributed by atoms with Gasteiger partial charge in [-0.15, -0.1) is 0 Å². The van der Waals surface area contributed by atoms with Gasteiger partial charge in [-0.25, -0.2) is 9.37 Å². The minimum atomic E-state index is -0.585. The van der Waals surface area contributed by atoms with Crippen molar-refractivity contribution < 1.29 is 9.13 Å². The number of aryl methyl sites for hydroxylation is 2. The Balaban J connectivity index is 2.47. The maximum Gasteiger partial charge on any atom is 0.230 e. The molecule has 0 fully saturated rings. The first-order chi connectivity index (χ1) is 9.38. The fraction of sp³-hybridized carbons (Fsp3) is 0.143. The van der Waals surface area contributed by atoms with Crippen LogP contribution in [0.1, 0.15) is 16.8 Å². The van der Waals surface area contributed by atoms with Gasteiger partial charge in [0.2, 0.25) is 5.88 Å². The molecule has 0 aliphatic rings. The summed E-state index contributed by atoms with van der Waals surface area (Å²) >= 11 is 5.62. The van der Waals surface area contributed by atoms with E-state index in [0.29, 0.717) is 5.56 Å². The standard InChI is InChI=1S/C14H13ClFN3O/c1-7-5-8(2)19-14(12(7)13(17)18)20-9-3-4-10(15)11(16)6-9/h3-6H,1-2H3,(H3,17,18). The molecule has 0 saturated carbocycles. The summed E-state index contributed by atoms with van der Waals surface area (Å²) in [6, 6.07) is 5.87. The lowest BCUT2D eigenvalue weighted by atomic mass is 10.1. The molecule has 0 unspecified atom stereocenters. The second-order valence-electron chi connectivity index (χ2n) is 4.35. The van der Waals surface area contributed by atoms with Gasteiger partial charge in [-0.05, 0) is 37.6 Å². The average Bonchev–Trinajstić information content (AvgIpc) is 2.32. The highest BCUT2D eigenvalue weighted by Gasteiger charge is 2.14. The van der Waals surface area contributed by atoms with Crippen LogP contribution in [0.25, 0.3) is 0 Å². The van der Waals surface area contributed by atoms with Gasteiger partial charge in [0.1, 0.15) is 17.4 Å². The summed E-state index contributed by atoms with van der Waals surface area (Å²) in [5, 5.41) is 7.60. The number of pyridine rings is 1. The van der Waals surface area contributed by atoms with Crippen LogP contribution >= 0.6 is 11.6 Å². The Labute approximate surface area is 120 Å². The summed E-state index contributed by atoms with van der Waals surface area (Å²) < 4.78 is 18.9. The minimum absolute atomic E-state index is 0.0116. The van der Waals surface area contributed by atoms with E-state index in [-0.39, 0.29) is 22.5 Å². The van der Waals surface area contributed by atoms with Gasteiger partial charge in [-0.2, -0.15) is 0 Å². The summed E-state index contributed by atoms with van der Waals surface area (Å²) in [6.07, 6.45) is 0. The van der Waals surface area contributed by atoms with E-state index in [9.17, 15) is 4.39 Å². The molecule has 6 heteroatoms. The van der Waals surface area contributed by atoms with E-state index in [1.54, 1.807) is 19.9 Å². The molecule has 20 heavy (non-hydrogen) atoms. The van der Waals surface area contributed by atoms with Crippen LogP contribution in [0, 0.1) is 25.1 Å². The molecule has 0 radical (unpaired) electrons. The Hall–Kier alpha value is -2.14. The van der Waals surface area contributed by atoms with Crippen LogP contribution in [0.5, 0.6) is 11.6 Å². The highest BCUT2D eigenvalue weighted by molar-refractivity contribution is 6.30. The normalized spacial score (nSPS) is 10.4. The molecule has 0 aliphatic heterocycles. The predicted molar refractivity (Wildman–Crippen MR) is 76.2 cm³/mol. The number of ether oxygens (including phenoxy) is 1. The van der Waals surface area contributed by atoms with Crippen molar-refractivity contribution in [3.63, 3.8) is 0 Å². The molecule has 0 spiro atoms. The smallest absolute Gasteiger partial charge is 0.230 e. The average molecular weight is 294 g/mol. The van der Waals surface area contributed by atoms with Crippen molar-refractivity contribution in [1.29, 1.82) is 5.41 Å². The minimum Gasteiger partial charge on any atom is -0.438 e. The number of amidine groups is 1. The van der Waals surface area contributed by atoms with E-state index in [1.165, 1.54) is 12.1 Å². The molecule has 4 nitrogen and oxygen atoms in total. The molecule has 1 aromatic carbocycles. The molecular weight excluding hydrogens is 281 g/mol. The Kier molecular flexibility index (Phi) is 3.90. The van der Waals surface area contributed by atoms with Crippen molar-refractivity contribution in [3.05, 3.63) is 51.9 Å². The summed E-state index contributed by atoms with van der Waals surface area (Å²) in [6.45, 7) is 3.60. The largest absolute Gasteiger partial charge is 0.438 e. The molecule has 3 N–H and O–H groups in total. The molecule has 1 aromatic heterocycles. The van der Waals surface area contributed by atoms with Gasteiger partial charge in [-0.1, -0.05) is 11.6 Å². The molecular formula is C14H13ClFN3O. The predicted octanol–water partition coefficient (Wildman–Crippen LogP) is 3.57. The van der Waals surface area contributed by atoms with Gasteiger partial charge in [0.05, 0.1) is 10.6 Å². The van der Waals surface area contributed by atoms with Crippen molar-refractivity contribution >= 4 is 17.4 Å². The first-order valence-corrected chi connectivity index (χ1v) is 6.22. The molecule has 2 rings (SSSR count). The first-order valence-electron chi connectivity index (χ1n) is 5.84. The SMILES string of the molecule is Cc1cc(C)c(C(=N)N)c(Oc2ccc(Cl)c(F)c2)n1. The highest BCUT2D eigenvalue weighted by Crippen LogP contribution is 2.28. The number of nitrogens with one attached hydrogen (secondary N) is 1. The molecule has 0 atom stereocenters. The van der Waals surface area contributed by atoms with Crippen LogP contribution in [0.2, 0.25) is 5.02 Å². The lowest BCUT2D eigenvalue weighted by Crippen LogP contribution is -2.15. The molecule has 104 valence electrons. The Bertz CT molecular complexity index is 688. The molecule has 2 aromatic rings. The van der Waals surface area contributed by atoms with E-state index in [4.69, 9.17) is 27.5 Å². The van der Waals surface area contributed by atoms with Gasteiger partial charge >= 0.3 is 0 Å². The van der Waals surface area contributed by atoms with Gasteiger partial charge in [0.15, 0.2) is 0 Å². The monoisotopic (exact) mass is 293 g/mol. The third-order valence-corrected chi connectivity index (χ3v) is 2.99. The maximum absolute atomic E-state index is 13.4. The van der Waals surface area contributed by atoms with E-state index >= 15 is 0 Å². The van der Waals surface area contributed by atoms with Crippen molar-refractivity contribution in [2.45, 2.75) is 13.8 Å². The maximum atomic E-state index is 13.4. The third kappa shape index (κ3) is 2.88. The fourth-order valence-electron chi connectivity index (χ4n) is 1.86. The Morgan fingerprint density at radius 3 is 2.65 bits per heavy atom. The van der Waals surface area contributed by atoms with Crippen molar-refractivity contribution in [3.8, 4) is 11.6 Å². The number of nitrogen functional groups attached to an aromatic ring is 1. The quantitative estimate of drug-likeness (QED) is 0.671. The van der Waals surface area contributed by atoms with Gasteiger partial charge in [-0.3, -0.25) is 5.41 Å². The second kappa shape index (κ2) is 5.46. The number of nitrogens with two attached hydrogens (primary N) is 1. The number of hydrogen-bond acceptors (Lipinski definition) is 3. The molecule has 0 saturated heterocycles. The number of rotatable bonds is 3. The zero-order chi connectivity index (χ0) is 14.9. The third-order valence-electron chi connectivity index (χ3n) is 2.69. The topological polar surface area (TPSA) is 72.0 Å². The van der Waals surface area contributed by atoms with Crippen LogP contribution in [0.3, 0.4) is 0 Å². The molecule has 0 amide bonds. The number of aromatic nitrogens is 1. The molecule has 1 heterocycles. The number of halogens is 2. The summed E-state index contributed by atoms with van der Waals surface area (Å²) in [7, 11) is 0. The van der Waals surface area contributed by atoms with E-state index in [1.807, 2.05) is 0 Å². The van der Waals surface area contributed by atoms with Crippen LogP contribution in [-0.4, -0.2) is 10.8 Å². The number of hydrogen-bond donors (Lipinski definition) is 2. The van der Waals surface area contributed by atoms with Gasteiger partial charge < -0.3 is 10.5 Å². The highest BCUT2D eigenvalue weighted by atomic mass is 35.5. The fourth-order valence-corrected chi connectivity index (χ4v) is 1.97. The zero-order valence-corrected chi connectivity index (χ0v) is 11.8. The summed E-state index contributed by atoms with van der Waals surface area (Å²) in [5.74, 6) is -0.319. The van der Waals surface area contributed by atoms with Crippen LogP contribution in [0.15, 0.2) is 24.3 Å². The Morgan fingerprint density at radius 2 is 2.05 bits per heavy atom. The lowest BCUT2D eigenvalue weighted by molar-refractivity contribution is 0.455. The lowest BCUT2D eigenvalue weighted by Gasteiger charge is -2.12. The van der Waals surface area contributed by atoms with E-state index in [2.05, 4.69) is 4.98 Å². The summed E-state index contributed by atoms with van der Waals surface area (Å²) in [4.78, 5) is 4.20. The van der Waals surface area contributed by atoms with Crippen LogP contribution in [-0.2, 0) is 0 Å².